The zero-order valence-corrected chi connectivity index (χ0v) is 21.9. The summed E-state index contributed by atoms with van der Waals surface area (Å²) in [7, 11) is -1.94. The number of hydrogen-bond acceptors (Lipinski definition) is 5. The molecule has 0 radical (unpaired) electrons. The van der Waals surface area contributed by atoms with Gasteiger partial charge in [-0.15, -0.1) is 0 Å². The Morgan fingerprint density at radius 3 is 2.38 bits per heavy atom. The summed E-state index contributed by atoms with van der Waals surface area (Å²) in [6.45, 7) is 3.69. The molecule has 0 atom stereocenters. The van der Waals surface area contributed by atoms with E-state index in [1.165, 1.54) is 11.4 Å². The van der Waals surface area contributed by atoms with Gasteiger partial charge < -0.3 is 15.5 Å². The number of para-hydroxylation sites is 1. The van der Waals surface area contributed by atoms with E-state index < -0.39 is 10.0 Å². The van der Waals surface area contributed by atoms with Gasteiger partial charge in [-0.1, -0.05) is 31.2 Å². The van der Waals surface area contributed by atoms with Gasteiger partial charge in [0.2, 0.25) is 10.0 Å². The number of sulfonamides is 1. The van der Waals surface area contributed by atoms with E-state index in [-0.39, 0.29) is 11.8 Å². The normalized spacial score (nSPS) is 15.6. The van der Waals surface area contributed by atoms with Gasteiger partial charge in [0.25, 0.3) is 11.8 Å². The lowest BCUT2D eigenvalue weighted by Gasteiger charge is -2.30. The average Bonchev–Trinajstić information content (AvgIpc) is 3.02. The van der Waals surface area contributed by atoms with Crippen LogP contribution in [-0.4, -0.2) is 51.5 Å². The third-order valence-corrected chi connectivity index (χ3v) is 8.36. The number of rotatable bonds is 4. The highest BCUT2D eigenvalue weighted by molar-refractivity contribution is 7.92. The van der Waals surface area contributed by atoms with Crippen molar-refractivity contribution in [3.8, 4) is 11.1 Å². The summed E-state index contributed by atoms with van der Waals surface area (Å²) in [4.78, 5) is 28.1. The van der Waals surface area contributed by atoms with Gasteiger partial charge in [0, 0.05) is 31.3 Å². The van der Waals surface area contributed by atoms with E-state index in [0.717, 1.165) is 43.3 Å². The number of benzene rings is 3. The Hall–Kier alpha value is -3.85. The van der Waals surface area contributed by atoms with Crippen LogP contribution in [0.2, 0.25) is 0 Å². The monoisotopic (exact) mass is 518 g/mol. The molecule has 0 aromatic heterocycles. The van der Waals surface area contributed by atoms with Crippen molar-refractivity contribution < 1.29 is 18.0 Å². The van der Waals surface area contributed by atoms with Crippen LogP contribution in [0.5, 0.6) is 0 Å². The topological polar surface area (TPSA) is 98.8 Å². The van der Waals surface area contributed by atoms with Crippen LogP contribution in [0.4, 0.5) is 22.7 Å². The molecule has 2 amide bonds. The fourth-order valence-corrected chi connectivity index (χ4v) is 5.32. The Morgan fingerprint density at radius 1 is 0.919 bits per heavy atom. The van der Waals surface area contributed by atoms with E-state index in [0.29, 0.717) is 39.8 Å². The summed E-state index contributed by atoms with van der Waals surface area (Å²) in [5, 5.41) is 6.27. The Labute approximate surface area is 217 Å². The summed E-state index contributed by atoms with van der Waals surface area (Å²) in [6, 6.07) is 17.9. The summed E-state index contributed by atoms with van der Waals surface area (Å²) >= 11 is 0. The summed E-state index contributed by atoms with van der Waals surface area (Å²) < 4.78 is 25.6. The molecule has 2 aliphatic rings. The van der Waals surface area contributed by atoms with Gasteiger partial charge in [-0.3, -0.25) is 13.9 Å². The number of carbonyl (C=O) groups excluding carboxylic acids is 2. The highest BCUT2D eigenvalue weighted by Crippen LogP contribution is 2.38. The second kappa shape index (κ2) is 9.55. The van der Waals surface area contributed by atoms with Crippen molar-refractivity contribution in [1.29, 1.82) is 0 Å². The van der Waals surface area contributed by atoms with Crippen LogP contribution in [0, 0.1) is 5.92 Å². The predicted molar refractivity (Wildman–Crippen MR) is 147 cm³/mol. The average molecular weight is 519 g/mol. The van der Waals surface area contributed by atoms with E-state index in [1.807, 2.05) is 29.2 Å². The fourth-order valence-electron chi connectivity index (χ4n) is 4.80. The van der Waals surface area contributed by atoms with Crippen molar-refractivity contribution in [2.24, 2.45) is 5.92 Å². The van der Waals surface area contributed by atoms with E-state index in [4.69, 9.17) is 0 Å². The maximum atomic E-state index is 13.1. The summed E-state index contributed by atoms with van der Waals surface area (Å²) in [5.41, 5.74) is 4.83. The molecule has 0 bridgehead atoms. The first-order valence-electron chi connectivity index (χ1n) is 12.3. The van der Waals surface area contributed by atoms with E-state index in [9.17, 15) is 18.0 Å². The van der Waals surface area contributed by atoms with Crippen molar-refractivity contribution >= 4 is 44.6 Å². The molecule has 8 nitrogen and oxygen atoms in total. The molecule has 2 heterocycles. The molecule has 3 aromatic rings. The summed E-state index contributed by atoms with van der Waals surface area (Å²) in [6.07, 6.45) is 3.15. The number of carbonyl (C=O) groups is 2. The molecule has 3 aromatic carbocycles. The lowest BCUT2D eigenvalue weighted by Crippen LogP contribution is -2.37. The van der Waals surface area contributed by atoms with Gasteiger partial charge in [-0.25, -0.2) is 8.42 Å². The molecule has 0 unspecified atom stereocenters. The van der Waals surface area contributed by atoms with E-state index >= 15 is 0 Å². The smallest absolute Gasteiger partial charge is 0.257 e. The van der Waals surface area contributed by atoms with Crippen LogP contribution in [0.1, 0.15) is 40.5 Å². The van der Waals surface area contributed by atoms with Gasteiger partial charge in [-0.05, 0) is 60.7 Å². The lowest BCUT2D eigenvalue weighted by atomic mass is 9.98. The van der Waals surface area contributed by atoms with Gasteiger partial charge in [0.15, 0.2) is 0 Å². The Morgan fingerprint density at radius 2 is 1.65 bits per heavy atom. The molecule has 0 saturated carbocycles. The number of piperidine rings is 1. The summed E-state index contributed by atoms with van der Waals surface area (Å²) in [5.74, 6) is 0.312. The van der Waals surface area contributed by atoms with E-state index in [1.54, 1.807) is 36.4 Å². The number of likely N-dealkylation sites (tertiary alicyclic amines) is 1. The largest absolute Gasteiger partial charge is 0.353 e. The van der Waals surface area contributed by atoms with E-state index in [2.05, 4.69) is 17.6 Å². The quantitative estimate of drug-likeness (QED) is 0.510. The van der Waals surface area contributed by atoms with Crippen LogP contribution in [0.15, 0.2) is 60.7 Å². The molecule has 37 heavy (non-hydrogen) atoms. The maximum Gasteiger partial charge on any atom is 0.257 e. The van der Waals surface area contributed by atoms with Crippen molar-refractivity contribution in [2.45, 2.75) is 19.8 Å². The van der Waals surface area contributed by atoms with Crippen molar-refractivity contribution in [1.82, 2.24) is 4.90 Å². The molecule has 192 valence electrons. The molecule has 2 N–H and O–H groups in total. The first kappa shape index (κ1) is 24.8. The Bertz CT molecular complexity index is 1490. The molecule has 0 spiro atoms. The number of nitrogens with zero attached hydrogens (tertiary/aromatic N) is 2. The molecule has 5 rings (SSSR count). The first-order chi connectivity index (χ1) is 17.6. The number of fused-ring (bicyclic) bond motifs is 2. The third-order valence-electron chi connectivity index (χ3n) is 7.17. The van der Waals surface area contributed by atoms with Crippen molar-refractivity contribution in [3.63, 3.8) is 0 Å². The van der Waals surface area contributed by atoms with Crippen LogP contribution >= 0.6 is 0 Å². The van der Waals surface area contributed by atoms with Crippen LogP contribution < -0.4 is 14.9 Å². The number of amides is 2. The predicted octanol–water partition coefficient (Wildman–Crippen LogP) is 4.93. The van der Waals surface area contributed by atoms with Gasteiger partial charge in [-0.2, -0.15) is 0 Å². The zero-order valence-electron chi connectivity index (χ0n) is 21.1. The molecule has 9 heteroatoms. The highest BCUT2D eigenvalue weighted by atomic mass is 32.2. The van der Waals surface area contributed by atoms with Crippen LogP contribution in [-0.2, 0) is 10.0 Å². The molecule has 0 aliphatic carbocycles. The number of anilines is 4. The SMILES string of the molecule is CC1CCN(C(=O)c2ccc3c(c2)NC(=O)c2ccc(-c4ccccc4N(C)S(C)(=O)=O)cc2N3)CC1. The Kier molecular flexibility index (Phi) is 6.41. The minimum absolute atomic E-state index is 0.0281. The van der Waals surface area contributed by atoms with Crippen molar-refractivity contribution in [3.05, 3.63) is 71.8 Å². The second-order valence-corrected chi connectivity index (χ2v) is 11.8. The second-order valence-electron chi connectivity index (χ2n) is 9.82. The first-order valence-corrected chi connectivity index (χ1v) is 14.2. The molecule has 1 fully saturated rings. The van der Waals surface area contributed by atoms with Crippen molar-refractivity contribution in [2.75, 3.05) is 41.3 Å². The van der Waals surface area contributed by atoms with Crippen LogP contribution in [0.3, 0.4) is 0 Å². The molecular formula is C28H30N4O4S. The lowest BCUT2D eigenvalue weighted by molar-refractivity contribution is 0.0697. The van der Waals surface area contributed by atoms with Gasteiger partial charge in [0.1, 0.15) is 0 Å². The maximum absolute atomic E-state index is 13.1. The Balaban J connectivity index is 1.47. The molecular weight excluding hydrogens is 488 g/mol. The van der Waals surface area contributed by atoms with Gasteiger partial charge >= 0.3 is 0 Å². The zero-order chi connectivity index (χ0) is 26.3. The third kappa shape index (κ3) is 4.91. The van der Waals surface area contributed by atoms with Crippen LogP contribution in [0.25, 0.3) is 11.1 Å². The van der Waals surface area contributed by atoms with Gasteiger partial charge in [0.05, 0.1) is 34.6 Å². The molecule has 1 saturated heterocycles. The minimum atomic E-state index is -3.46. The fraction of sp³-hybridized carbons (Fsp3) is 0.286. The minimum Gasteiger partial charge on any atom is -0.353 e. The molecule has 2 aliphatic heterocycles. The highest BCUT2D eigenvalue weighted by Gasteiger charge is 2.25. The number of hydrogen-bond donors (Lipinski definition) is 2. The number of nitrogens with one attached hydrogen (secondary N) is 2. The standard InChI is InChI=1S/C28H30N4O4S/c1-18-12-14-32(15-13-18)28(34)20-9-11-23-25(17-20)30-27(33)22-10-8-19(16-24(22)29-23)21-6-4-5-7-26(21)31(2)37(3,35)36/h4-11,16-18,29H,12-15H2,1-3H3,(H,30,33).